The van der Waals surface area contributed by atoms with Gasteiger partial charge < -0.3 is 5.32 Å². The first-order valence-electron chi connectivity index (χ1n) is 5.99. The van der Waals surface area contributed by atoms with Crippen molar-refractivity contribution in [1.82, 2.24) is 4.98 Å². The second-order valence-corrected chi connectivity index (χ2v) is 4.39. The zero-order valence-electron chi connectivity index (χ0n) is 10.2. The lowest BCUT2D eigenvalue weighted by atomic mass is 10.1. The van der Waals surface area contributed by atoms with E-state index in [1.807, 2.05) is 12.1 Å². The summed E-state index contributed by atoms with van der Waals surface area (Å²) in [5, 5.41) is 5.93. The maximum atomic E-state index is 4.02. The first-order valence-corrected chi connectivity index (χ1v) is 5.99. The highest BCUT2D eigenvalue weighted by molar-refractivity contribution is 5.95. The average Bonchev–Trinajstić information content (AvgIpc) is 2.41. The lowest BCUT2D eigenvalue weighted by Crippen LogP contribution is -1.91. The summed E-state index contributed by atoms with van der Waals surface area (Å²) in [6.07, 6.45) is 3.58. The minimum atomic E-state index is 1.05. The molecular weight excluding hydrogens is 220 g/mol. The standard InChI is InChI=1S/C16H14N2/c1-12-5-6-13-3-2-4-16(15(13)11-12)18-14-7-9-17-10-8-14/h2-11H,1H3,(H,17,18). The molecule has 0 fully saturated rings. The van der Waals surface area contributed by atoms with E-state index in [9.17, 15) is 0 Å². The predicted molar refractivity (Wildman–Crippen MR) is 76.2 cm³/mol. The molecule has 0 saturated carbocycles. The van der Waals surface area contributed by atoms with Crippen LogP contribution in [0.3, 0.4) is 0 Å². The summed E-state index contributed by atoms with van der Waals surface area (Å²) in [4.78, 5) is 4.02. The minimum Gasteiger partial charge on any atom is -0.355 e. The molecule has 0 amide bonds. The van der Waals surface area contributed by atoms with Crippen LogP contribution in [0.25, 0.3) is 10.8 Å². The zero-order chi connectivity index (χ0) is 12.4. The van der Waals surface area contributed by atoms with E-state index in [0.717, 1.165) is 11.4 Å². The second kappa shape index (κ2) is 4.49. The molecule has 0 spiro atoms. The first kappa shape index (κ1) is 10.8. The van der Waals surface area contributed by atoms with Crippen molar-refractivity contribution in [2.45, 2.75) is 6.92 Å². The maximum absolute atomic E-state index is 4.02. The van der Waals surface area contributed by atoms with Gasteiger partial charge >= 0.3 is 0 Å². The van der Waals surface area contributed by atoms with Crippen molar-refractivity contribution in [2.24, 2.45) is 0 Å². The molecule has 0 bridgehead atoms. The van der Waals surface area contributed by atoms with Gasteiger partial charge in [-0.15, -0.1) is 0 Å². The van der Waals surface area contributed by atoms with Crippen molar-refractivity contribution < 1.29 is 0 Å². The van der Waals surface area contributed by atoms with Gasteiger partial charge in [0.1, 0.15) is 0 Å². The fourth-order valence-corrected chi connectivity index (χ4v) is 2.09. The zero-order valence-corrected chi connectivity index (χ0v) is 10.2. The Hall–Kier alpha value is -2.35. The number of anilines is 2. The van der Waals surface area contributed by atoms with E-state index in [4.69, 9.17) is 0 Å². The topological polar surface area (TPSA) is 24.9 Å². The Bertz CT molecular complexity index is 675. The molecule has 2 nitrogen and oxygen atoms in total. The van der Waals surface area contributed by atoms with Gasteiger partial charge in [0.2, 0.25) is 0 Å². The molecule has 3 rings (SSSR count). The highest BCUT2D eigenvalue weighted by atomic mass is 14.9. The Kier molecular flexibility index (Phi) is 2.69. The molecule has 18 heavy (non-hydrogen) atoms. The number of fused-ring (bicyclic) bond motifs is 1. The fourth-order valence-electron chi connectivity index (χ4n) is 2.09. The summed E-state index contributed by atoms with van der Waals surface area (Å²) in [5.41, 5.74) is 3.45. The van der Waals surface area contributed by atoms with Crippen molar-refractivity contribution in [3.05, 3.63) is 66.5 Å². The summed E-state index contributed by atoms with van der Waals surface area (Å²) in [7, 11) is 0. The molecular formula is C16H14N2. The van der Waals surface area contributed by atoms with Crippen molar-refractivity contribution in [1.29, 1.82) is 0 Å². The highest BCUT2D eigenvalue weighted by Gasteiger charge is 2.01. The number of hydrogen-bond donors (Lipinski definition) is 1. The largest absolute Gasteiger partial charge is 0.355 e. The Morgan fingerprint density at radius 3 is 2.61 bits per heavy atom. The molecule has 2 heteroatoms. The van der Waals surface area contributed by atoms with Crippen LogP contribution < -0.4 is 5.32 Å². The van der Waals surface area contributed by atoms with Gasteiger partial charge in [0.05, 0.1) is 0 Å². The third-order valence-electron chi connectivity index (χ3n) is 3.00. The normalized spacial score (nSPS) is 10.5. The van der Waals surface area contributed by atoms with E-state index in [-0.39, 0.29) is 0 Å². The number of nitrogens with one attached hydrogen (secondary N) is 1. The summed E-state index contributed by atoms with van der Waals surface area (Å²) < 4.78 is 0. The van der Waals surface area contributed by atoms with Crippen LogP contribution in [0.1, 0.15) is 5.56 Å². The van der Waals surface area contributed by atoms with Crippen LogP contribution in [-0.2, 0) is 0 Å². The molecule has 1 N–H and O–H groups in total. The molecule has 0 saturated heterocycles. The number of benzene rings is 2. The summed E-state index contributed by atoms with van der Waals surface area (Å²) in [6.45, 7) is 2.11. The van der Waals surface area contributed by atoms with Crippen LogP contribution in [-0.4, -0.2) is 4.98 Å². The molecule has 0 aliphatic rings. The smallest absolute Gasteiger partial charge is 0.0464 e. The number of hydrogen-bond acceptors (Lipinski definition) is 2. The van der Waals surface area contributed by atoms with E-state index < -0.39 is 0 Å². The van der Waals surface area contributed by atoms with E-state index in [1.165, 1.54) is 16.3 Å². The van der Waals surface area contributed by atoms with Gasteiger partial charge in [-0.3, -0.25) is 4.98 Å². The Labute approximate surface area is 106 Å². The third kappa shape index (κ3) is 2.05. The molecule has 88 valence electrons. The molecule has 0 aliphatic heterocycles. The van der Waals surface area contributed by atoms with Crippen molar-refractivity contribution in [2.75, 3.05) is 5.32 Å². The third-order valence-corrected chi connectivity index (χ3v) is 3.00. The van der Waals surface area contributed by atoms with Crippen LogP contribution in [0.2, 0.25) is 0 Å². The number of pyridine rings is 1. The first-order chi connectivity index (χ1) is 8.83. The minimum absolute atomic E-state index is 1.05. The monoisotopic (exact) mass is 234 g/mol. The highest BCUT2D eigenvalue weighted by Crippen LogP contribution is 2.26. The van der Waals surface area contributed by atoms with Crippen LogP contribution >= 0.6 is 0 Å². The van der Waals surface area contributed by atoms with Gasteiger partial charge in [-0.2, -0.15) is 0 Å². The van der Waals surface area contributed by atoms with Gasteiger partial charge in [-0.05, 0) is 36.6 Å². The van der Waals surface area contributed by atoms with Crippen molar-refractivity contribution in [3.63, 3.8) is 0 Å². The summed E-state index contributed by atoms with van der Waals surface area (Å²) in [6, 6.07) is 16.7. The quantitative estimate of drug-likeness (QED) is 0.715. The van der Waals surface area contributed by atoms with Gasteiger partial charge in [0.15, 0.2) is 0 Å². The Morgan fingerprint density at radius 2 is 1.78 bits per heavy atom. The Balaban J connectivity index is 2.09. The SMILES string of the molecule is Cc1ccc2cccc(Nc3ccncc3)c2c1. The molecule has 0 unspecified atom stereocenters. The number of nitrogens with zero attached hydrogens (tertiary/aromatic N) is 1. The van der Waals surface area contributed by atoms with E-state index in [2.05, 4.69) is 53.6 Å². The molecule has 0 atom stereocenters. The predicted octanol–water partition coefficient (Wildman–Crippen LogP) is 4.29. The van der Waals surface area contributed by atoms with Gasteiger partial charge in [-0.25, -0.2) is 0 Å². The lowest BCUT2D eigenvalue weighted by molar-refractivity contribution is 1.33. The summed E-state index contributed by atoms with van der Waals surface area (Å²) in [5.74, 6) is 0. The van der Waals surface area contributed by atoms with Crippen LogP contribution in [0.4, 0.5) is 11.4 Å². The van der Waals surface area contributed by atoms with Gasteiger partial charge in [0, 0.05) is 29.2 Å². The summed E-state index contributed by atoms with van der Waals surface area (Å²) >= 11 is 0. The van der Waals surface area contributed by atoms with Gasteiger partial charge in [-0.1, -0.05) is 29.8 Å². The lowest BCUT2D eigenvalue weighted by Gasteiger charge is -2.10. The molecule has 3 aromatic rings. The van der Waals surface area contributed by atoms with E-state index >= 15 is 0 Å². The second-order valence-electron chi connectivity index (χ2n) is 4.39. The maximum Gasteiger partial charge on any atom is 0.0464 e. The van der Waals surface area contributed by atoms with E-state index in [0.29, 0.717) is 0 Å². The Morgan fingerprint density at radius 1 is 0.944 bits per heavy atom. The van der Waals surface area contributed by atoms with Gasteiger partial charge in [0.25, 0.3) is 0 Å². The number of rotatable bonds is 2. The average molecular weight is 234 g/mol. The molecule has 0 radical (unpaired) electrons. The van der Waals surface area contributed by atoms with E-state index in [1.54, 1.807) is 12.4 Å². The molecule has 1 aromatic heterocycles. The van der Waals surface area contributed by atoms with Crippen molar-refractivity contribution >= 4 is 22.1 Å². The van der Waals surface area contributed by atoms with Crippen LogP contribution in [0.5, 0.6) is 0 Å². The van der Waals surface area contributed by atoms with Crippen LogP contribution in [0.15, 0.2) is 60.9 Å². The number of aryl methyl sites for hydroxylation is 1. The molecule has 1 heterocycles. The number of aromatic nitrogens is 1. The molecule has 0 aliphatic carbocycles. The van der Waals surface area contributed by atoms with Crippen LogP contribution in [0, 0.1) is 6.92 Å². The molecule has 2 aromatic carbocycles. The van der Waals surface area contributed by atoms with Crippen molar-refractivity contribution in [3.8, 4) is 0 Å². The fraction of sp³-hybridized carbons (Fsp3) is 0.0625.